The third-order valence-corrected chi connectivity index (χ3v) is 3.29. The fourth-order valence-electron chi connectivity index (χ4n) is 1.65. The van der Waals surface area contributed by atoms with Crippen LogP contribution in [0.4, 0.5) is 5.69 Å². The van der Waals surface area contributed by atoms with E-state index in [1.807, 2.05) is 6.07 Å². The second-order valence-corrected chi connectivity index (χ2v) is 4.80. The molecule has 1 aromatic heterocycles. The minimum Gasteiger partial charge on any atom is -0.324 e. The van der Waals surface area contributed by atoms with Crippen molar-refractivity contribution in [2.45, 2.75) is 19.9 Å². The first-order chi connectivity index (χ1) is 9.51. The standard InChI is InChI=1S/C14H13ClN4O/c1-9-13(15)8-19(18-9)10(2)14(20)17-12-5-3-11(7-16)4-6-12/h3-6,8,10H,1-2H3,(H,17,20). The fourth-order valence-corrected chi connectivity index (χ4v) is 1.79. The number of benzene rings is 1. The number of nitrogens with zero attached hydrogens (tertiary/aromatic N) is 3. The van der Waals surface area contributed by atoms with Crippen molar-refractivity contribution in [2.24, 2.45) is 0 Å². The second kappa shape index (κ2) is 5.76. The Bertz CT molecular complexity index is 650. The molecule has 0 saturated carbocycles. The van der Waals surface area contributed by atoms with Crippen LogP contribution < -0.4 is 5.32 Å². The number of anilines is 1. The van der Waals surface area contributed by atoms with Gasteiger partial charge in [0, 0.05) is 11.9 Å². The Labute approximate surface area is 121 Å². The lowest BCUT2D eigenvalue weighted by atomic mass is 10.2. The number of nitriles is 1. The van der Waals surface area contributed by atoms with Gasteiger partial charge in [0.1, 0.15) is 6.04 Å². The van der Waals surface area contributed by atoms with Gasteiger partial charge >= 0.3 is 0 Å². The summed E-state index contributed by atoms with van der Waals surface area (Å²) in [6.07, 6.45) is 1.62. The summed E-state index contributed by atoms with van der Waals surface area (Å²) in [5.74, 6) is -0.200. The predicted octanol–water partition coefficient (Wildman–Crippen LogP) is 2.92. The lowest BCUT2D eigenvalue weighted by Gasteiger charge is -2.12. The van der Waals surface area contributed by atoms with E-state index >= 15 is 0 Å². The molecular weight excluding hydrogens is 276 g/mol. The van der Waals surface area contributed by atoms with Crippen LogP contribution in [0.25, 0.3) is 0 Å². The van der Waals surface area contributed by atoms with Gasteiger partial charge in [0.25, 0.3) is 0 Å². The number of hydrogen-bond acceptors (Lipinski definition) is 3. The van der Waals surface area contributed by atoms with Crippen LogP contribution in [0.15, 0.2) is 30.5 Å². The normalized spacial score (nSPS) is 11.7. The highest BCUT2D eigenvalue weighted by molar-refractivity contribution is 6.31. The van der Waals surface area contributed by atoms with E-state index in [4.69, 9.17) is 16.9 Å². The maximum absolute atomic E-state index is 12.1. The molecular formula is C14H13ClN4O. The number of rotatable bonds is 3. The Morgan fingerprint density at radius 2 is 2.10 bits per heavy atom. The molecule has 5 nitrogen and oxygen atoms in total. The molecule has 0 bridgehead atoms. The van der Waals surface area contributed by atoms with Crippen molar-refractivity contribution >= 4 is 23.2 Å². The van der Waals surface area contributed by atoms with Gasteiger partial charge in [-0.25, -0.2) is 0 Å². The van der Waals surface area contributed by atoms with E-state index in [2.05, 4.69) is 10.4 Å². The Kier molecular flexibility index (Phi) is 4.06. The number of hydrogen-bond donors (Lipinski definition) is 1. The Morgan fingerprint density at radius 3 is 2.60 bits per heavy atom. The number of aromatic nitrogens is 2. The molecule has 0 spiro atoms. The SMILES string of the molecule is Cc1nn(C(C)C(=O)Nc2ccc(C#N)cc2)cc1Cl. The summed E-state index contributed by atoms with van der Waals surface area (Å²) in [6, 6.07) is 8.21. The van der Waals surface area contributed by atoms with E-state index in [-0.39, 0.29) is 5.91 Å². The molecule has 20 heavy (non-hydrogen) atoms. The smallest absolute Gasteiger partial charge is 0.248 e. The van der Waals surface area contributed by atoms with Crippen molar-refractivity contribution in [3.63, 3.8) is 0 Å². The average Bonchev–Trinajstić information content (AvgIpc) is 2.78. The summed E-state index contributed by atoms with van der Waals surface area (Å²) >= 11 is 5.93. The van der Waals surface area contributed by atoms with Gasteiger partial charge in [-0.05, 0) is 38.1 Å². The van der Waals surface area contributed by atoms with Crippen LogP contribution in [0.3, 0.4) is 0 Å². The zero-order valence-electron chi connectivity index (χ0n) is 11.1. The molecule has 1 atom stereocenters. The van der Waals surface area contributed by atoms with Crippen molar-refractivity contribution in [2.75, 3.05) is 5.32 Å². The van der Waals surface area contributed by atoms with E-state index in [1.165, 1.54) is 4.68 Å². The molecule has 0 fully saturated rings. The van der Waals surface area contributed by atoms with Crippen LogP contribution in [0.2, 0.25) is 5.02 Å². The van der Waals surface area contributed by atoms with Crippen molar-refractivity contribution in [1.82, 2.24) is 9.78 Å². The Morgan fingerprint density at radius 1 is 1.45 bits per heavy atom. The molecule has 1 amide bonds. The molecule has 6 heteroatoms. The summed E-state index contributed by atoms with van der Waals surface area (Å²) < 4.78 is 1.52. The highest BCUT2D eigenvalue weighted by Gasteiger charge is 2.17. The molecule has 1 N–H and O–H groups in total. The highest BCUT2D eigenvalue weighted by atomic mass is 35.5. The lowest BCUT2D eigenvalue weighted by Crippen LogP contribution is -2.24. The quantitative estimate of drug-likeness (QED) is 0.944. The summed E-state index contributed by atoms with van der Waals surface area (Å²) in [7, 11) is 0. The molecule has 102 valence electrons. The number of carbonyl (C=O) groups is 1. The van der Waals surface area contributed by atoms with Crippen molar-refractivity contribution in [3.8, 4) is 6.07 Å². The molecule has 0 aliphatic heterocycles. The van der Waals surface area contributed by atoms with Gasteiger partial charge in [0.2, 0.25) is 5.91 Å². The molecule has 0 aliphatic carbocycles. The van der Waals surface area contributed by atoms with Crippen molar-refractivity contribution in [3.05, 3.63) is 46.7 Å². The van der Waals surface area contributed by atoms with Gasteiger partial charge in [-0.15, -0.1) is 0 Å². The number of nitrogens with one attached hydrogen (secondary N) is 1. The minimum absolute atomic E-state index is 0.200. The van der Waals surface area contributed by atoms with E-state index in [0.29, 0.717) is 22.0 Å². The second-order valence-electron chi connectivity index (χ2n) is 4.40. The summed E-state index contributed by atoms with van der Waals surface area (Å²) in [5, 5.41) is 16.2. The van der Waals surface area contributed by atoms with Crippen molar-refractivity contribution < 1.29 is 4.79 Å². The number of amides is 1. The summed E-state index contributed by atoms with van der Waals surface area (Å²) in [5.41, 5.74) is 1.87. The van der Waals surface area contributed by atoms with Crippen LogP contribution in [0.5, 0.6) is 0 Å². The molecule has 0 radical (unpaired) electrons. The average molecular weight is 289 g/mol. The highest BCUT2D eigenvalue weighted by Crippen LogP contribution is 2.17. The number of halogens is 1. The fraction of sp³-hybridized carbons (Fsp3) is 0.214. The monoisotopic (exact) mass is 288 g/mol. The molecule has 1 aromatic carbocycles. The van der Waals surface area contributed by atoms with E-state index in [1.54, 1.807) is 44.3 Å². The van der Waals surface area contributed by atoms with Crippen LogP contribution in [0, 0.1) is 18.3 Å². The first-order valence-corrected chi connectivity index (χ1v) is 6.41. The number of carbonyl (C=O) groups excluding carboxylic acids is 1. The number of aryl methyl sites for hydroxylation is 1. The first kappa shape index (κ1) is 14.1. The van der Waals surface area contributed by atoms with Gasteiger partial charge in [0.05, 0.1) is 22.3 Å². The zero-order valence-corrected chi connectivity index (χ0v) is 11.8. The summed E-state index contributed by atoms with van der Waals surface area (Å²) in [6.45, 7) is 3.52. The molecule has 2 rings (SSSR count). The zero-order chi connectivity index (χ0) is 14.7. The van der Waals surface area contributed by atoms with Gasteiger partial charge in [-0.1, -0.05) is 11.6 Å². The van der Waals surface area contributed by atoms with E-state index < -0.39 is 6.04 Å². The Balaban J connectivity index is 2.09. The van der Waals surface area contributed by atoms with Crippen LogP contribution >= 0.6 is 11.6 Å². The van der Waals surface area contributed by atoms with E-state index in [0.717, 1.165) is 0 Å². The molecule has 1 heterocycles. The van der Waals surface area contributed by atoms with Gasteiger partial charge < -0.3 is 5.32 Å². The lowest BCUT2D eigenvalue weighted by molar-refractivity contribution is -0.119. The van der Waals surface area contributed by atoms with Gasteiger partial charge in [-0.2, -0.15) is 10.4 Å². The van der Waals surface area contributed by atoms with Crippen LogP contribution in [-0.4, -0.2) is 15.7 Å². The largest absolute Gasteiger partial charge is 0.324 e. The molecule has 0 aliphatic rings. The molecule has 1 unspecified atom stereocenters. The van der Waals surface area contributed by atoms with Crippen LogP contribution in [-0.2, 0) is 4.79 Å². The Hall–Kier alpha value is -2.32. The predicted molar refractivity (Wildman–Crippen MR) is 76.5 cm³/mol. The third-order valence-electron chi connectivity index (χ3n) is 2.91. The molecule has 0 saturated heterocycles. The minimum atomic E-state index is -0.475. The topological polar surface area (TPSA) is 70.7 Å². The van der Waals surface area contributed by atoms with Crippen molar-refractivity contribution in [1.29, 1.82) is 5.26 Å². The molecule has 2 aromatic rings. The van der Waals surface area contributed by atoms with Gasteiger partial charge in [0.15, 0.2) is 0 Å². The summed E-state index contributed by atoms with van der Waals surface area (Å²) in [4.78, 5) is 12.1. The van der Waals surface area contributed by atoms with Crippen LogP contribution in [0.1, 0.15) is 24.2 Å². The van der Waals surface area contributed by atoms with Gasteiger partial charge in [-0.3, -0.25) is 9.48 Å². The maximum atomic E-state index is 12.1. The van der Waals surface area contributed by atoms with E-state index in [9.17, 15) is 4.79 Å². The third kappa shape index (κ3) is 2.98. The first-order valence-electron chi connectivity index (χ1n) is 6.03. The maximum Gasteiger partial charge on any atom is 0.248 e.